The Morgan fingerprint density at radius 2 is 2.18 bits per heavy atom. The van der Waals surface area contributed by atoms with Gasteiger partial charge in [-0.15, -0.1) is 0 Å². The van der Waals surface area contributed by atoms with E-state index in [0.29, 0.717) is 26.0 Å². The molecule has 1 fully saturated rings. The van der Waals surface area contributed by atoms with Crippen molar-refractivity contribution in [3.8, 4) is 0 Å². The van der Waals surface area contributed by atoms with Crippen LogP contribution in [-0.4, -0.2) is 43.5 Å². The summed E-state index contributed by atoms with van der Waals surface area (Å²) in [5.41, 5.74) is 0.767. The van der Waals surface area contributed by atoms with Crippen molar-refractivity contribution in [3.05, 3.63) is 29.8 Å². The summed E-state index contributed by atoms with van der Waals surface area (Å²) in [5, 5.41) is 9.24. The molecule has 0 radical (unpaired) electrons. The predicted octanol–water partition coefficient (Wildman–Crippen LogP) is 1.71. The van der Waals surface area contributed by atoms with E-state index in [0.717, 1.165) is 5.56 Å². The fourth-order valence-electron chi connectivity index (χ4n) is 2.88. The van der Waals surface area contributed by atoms with Crippen molar-refractivity contribution in [2.75, 3.05) is 13.7 Å². The molecule has 2 rings (SSSR count). The van der Waals surface area contributed by atoms with Crippen molar-refractivity contribution < 1.29 is 23.1 Å². The van der Waals surface area contributed by atoms with Gasteiger partial charge in [-0.3, -0.25) is 4.79 Å². The number of carboxylic acid groups (broad SMARTS) is 1. The number of aliphatic carboxylic acids is 1. The Labute approximate surface area is 130 Å². The molecule has 22 heavy (non-hydrogen) atoms. The molecule has 1 aromatic rings. The summed E-state index contributed by atoms with van der Waals surface area (Å²) in [6, 6.07) is 6.02. The Morgan fingerprint density at radius 1 is 1.45 bits per heavy atom. The molecule has 0 spiro atoms. The van der Waals surface area contributed by atoms with E-state index in [9.17, 15) is 18.3 Å². The average Bonchev–Trinajstić information content (AvgIpc) is 2.47. The van der Waals surface area contributed by atoms with E-state index < -0.39 is 28.0 Å². The quantitative estimate of drug-likeness (QED) is 0.890. The van der Waals surface area contributed by atoms with Crippen molar-refractivity contribution in [1.82, 2.24) is 4.31 Å². The third-order valence-electron chi connectivity index (χ3n) is 4.06. The molecule has 1 aliphatic rings. The van der Waals surface area contributed by atoms with E-state index in [-0.39, 0.29) is 4.90 Å². The predicted molar refractivity (Wildman–Crippen MR) is 80.9 cm³/mol. The third-order valence-corrected chi connectivity index (χ3v) is 6.05. The van der Waals surface area contributed by atoms with Gasteiger partial charge in [-0.1, -0.05) is 12.1 Å². The molecule has 2 atom stereocenters. The summed E-state index contributed by atoms with van der Waals surface area (Å²) in [6.45, 7) is 2.34. The van der Waals surface area contributed by atoms with Gasteiger partial charge in [0.1, 0.15) is 0 Å². The van der Waals surface area contributed by atoms with Crippen LogP contribution in [0.1, 0.15) is 25.3 Å². The van der Waals surface area contributed by atoms with Crippen molar-refractivity contribution in [3.63, 3.8) is 0 Å². The fourth-order valence-corrected chi connectivity index (χ4v) is 4.66. The summed E-state index contributed by atoms with van der Waals surface area (Å²) < 4.78 is 32.0. The molecule has 1 heterocycles. The van der Waals surface area contributed by atoms with Gasteiger partial charge in [0.2, 0.25) is 10.0 Å². The number of ether oxygens (including phenoxy) is 1. The first-order valence-electron chi connectivity index (χ1n) is 7.20. The maximum absolute atomic E-state index is 12.8. The second-order valence-electron chi connectivity index (χ2n) is 5.52. The van der Waals surface area contributed by atoms with Crippen LogP contribution in [-0.2, 0) is 26.2 Å². The maximum atomic E-state index is 12.8. The number of rotatable bonds is 5. The summed E-state index contributed by atoms with van der Waals surface area (Å²) >= 11 is 0. The molecule has 1 aliphatic heterocycles. The molecule has 0 saturated carbocycles. The number of piperidine rings is 1. The van der Waals surface area contributed by atoms with Gasteiger partial charge in [0.15, 0.2) is 0 Å². The molecule has 1 aromatic carbocycles. The zero-order valence-corrected chi connectivity index (χ0v) is 13.5. The van der Waals surface area contributed by atoms with Crippen LogP contribution in [0.15, 0.2) is 29.2 Å². The molecule has 0 amide bonds. The lowest BCUT2D eigenvalue weighted by Crippen LogP contribution is -2.48. The van der Waals surface area contributed by atoms with Crippen LogP contribution in [0.5, 0.6) is 0 Å². The van der Waals surface area contributed by atoms with E-state index >= 15 is 0 Å². The van der Waals surface area contributed by atoms with Crippen LogP contribution >= 0.6 is 0 Å². The lowest BCUT2D eigenvalue weighted by atomic mass is 9.92. The van der Waals surface area contributed by atoms with Crippen molar-refractivity contribution in [2.24, 2.45) is 5.92 Å². The second kappa shape index (κ2) is 6.76. The third kappa shape index (κ3) is 3.31. The number of methoxy groups -OCH3 is 1. The Kier molecular flexibility index (Phi) is 5.20. The maximum Gasteiger partial charge on any atom is 0.308 e. The van der Waals surface area contributed by atoms with Crippen LogP contribution < -0.4 is 0 Å². The van der Waals surface area contributed by atoms with Gasteiger partial charge < -0.3 is 9.84 Å². The van der Waals surface area contributed by atoms with Crippen LogP contribution in [0.3, 0.4) is 0 Å². The lowest BCUT2D eigenvalue weighted by molar-refractivity contribution is -0.144. The molecular formula is C15H21NO5S. The molecule has 7 heteroatoms. The minimum Gasteiger partial charge on any atom is -0.481 e. The zero-order chi connectivity index (χ0) is 16.3. The zero-order valence-electron chi connectivity index (χ0n) is 12.7. The molecule has 6 nitrogen and oxygen atoms in total. The first kappa shape index (κ1) is 16.9. The average molecular weight is 327 g/mol. The summed E-state index contributed by atoms with van der Waals surface area (Å²) in [5.74, 6) is -1.61. The smallest absolute Gasteiger partial charge is 0.308 e. The first-order chi connectivity index (χ1) is 10.4. The number of sulfonamides is 1. The van der Waals surface area contributed by atoms with E-state index in [1.807, 2.05) is 0 Å². The van der Waals surface area contributed by atoms with Gasteiger partial charge in [-0.2, -0.15) is 4.31 Å². The standard InChI is InChI=1S/C15H21NO5S/c1-11-14(15(17)18)7-4-8-16(11)22(19,20)13-6-3-5-12(9-13)10-21-2/h3,5-6,9,11,14H,4,7-8,10H2,1-2H3,(H,17,18)/t11-,14-/m0/s1. The van der Waals surface area contributed by atoms with Gasteiger partial charge in [0.25, 0.3) is 0 Å². The van der Waals surface area contributed by atoms with Crippen molar-refractivity contribution in [1.29, 1.82) is 0 Å². The van der Waals surface area contributed by atoms with Crippen LogP contribution in [0.4, 0.5) is 0 Å². The van der Waals surface area contributed by atoms with E-state index in [1.54, 1.807) is 32.2 Å². The van der Waals surface area contributed by atoms with Crippen LogP contribution in [0.2, 0.25) is 0 Å². The number of carboxylic acids is 1. The molecule has 122 valence electrons. The molecule has 0 aliphatic carbocycles. The molecule has 1 N–H and O–H groups in total. The SMILES string of the molecule is COCc1cccc(S(=O)(=O)N2CCC[C@H](C(=O)O)[C@@H]2C)c1. The van der Waals surface area contributed by atoms with E-state index in [1.165, 1.54) is 10.4 Å². The Hall–Kier alpha value is -1.44. The highest BCUT2D eigenvalue weighted by atomic mass is 32.2. The largest absolute Gasteiger partial charge is 0.481 e. The molecule has 0 aromatic heterocycles. The Bertz CT molecular complexity index is 643. The van der Waals surface area contributed by atoms with E-state index in [4.69, 9.17) is 4.74 Å². The van der Waals surface area contributed by atoms with Gasteiger partial charge >= 0.3 is 5.97 Å². The summed E-state index contributed by atoms with van der Waals surface area (Å²) in [4.78, 5) is 11.5. The number of nitrogens with zero attached hydrogens (tertiary/aromatic N) is 1. The highest BCUT2D eigenvalue weighted by molar-refractivity contribution is 7.89. The molecule has 1 saturated heterocycles. The highest BCUT2D eigenvalue weighted by Crippen LogP contribution is 2.29. The monoisotopic (exact) mass is 327 g/mol. The summed E-state index contributed by atoms with van der Waals surface area (Å²) in [6.07, 6.45) is 1.06. The first-order valence-corrected chi connectivity index (χ1v) is 8.64. The van der Waals surface area contributed by atoms with Crippen molar-refractivity contribution in [2.45, 2.75) is 37.3 Å². The fraction of sp³-hybridized carbons (Fsp3) is 0.533. The number of carbonyl (C=O) groups is 1. The van der Waals surface area contributed by atoms with E-state index in [2.05, 4.69) is 0 Å². The molecular weight excluding hydrogens is 306 g/mol. The van der Waals surface area contributed by atoms with Crippen LogP contribution in [0, 0.1) is 5.92 Å². The van der Waals surface area contributed by atoms with Gasteiger partial charge in [0, 0.05) is 19.7 Å². The number of benzene rings is 1. The van der Waals surface area contributed by atoms with Crippen molar-refractivity contribution >= 4 is 16.0 Å². The lowest BCUT2D eigenvalue weighted by Gasteiger charge is -2.36. The minimum absolute atomic E-state index is 0.180. The molecule has 0 bridgehead atoms. The Morgan fingerprint density at radius 3 is 2.82 bits per heavy atom. The molecule has 0 unspecified atom stereocenters. The van der Waals surface area contributed by atoms with Gasteiger partial charge in [0.05, 0.1) is 17.4 Å². The second-order valence-corrected chi connectivity index (χ2v) is 7.41. The Balaban J connectivity index is 2.33. The summed E-state index contributed by atoms with van der Waals surface area (Å²) in [7, 11) is -2.16. The number of hydrogen-bond acceptors (Lipinski definition) is 4. The normalized spacial score (nSPS) is 23.4. The number of hydrogen-bond donors (Lipinski definition) is 1. The van der Waals surface area contributed by atoms with Gasteiger partial charge in [-0.25, -0.2) is 8.42 Å². The van der Waals surface area contributed by atoms with Crippen LogP contribution in [0.25, 0.3) is 0 Å². The highest BCUT2D eigenvalue weighted by Gasteiger charge is 2.39. The minimum atomic E-state index is -3.70. The topological polar surface area (TPSA) is 83.9 Å². The van der Waals surface area contributed by atoms with Gasteiger partial charge in [-0.05, 0) is 37.5 Å².